The van der Waals surface area contributed by atoms with Crippen LogP contribution in [-0.2, 0) is 4.79 Å². The van der Waals surface area contributed by atoms with Crippen LogP contribution in [0.5, 0.6) is 0 Å². The predicted octanol–water partition coefficient (Wildman–Crippen LogP) is 2.06. The van der Waals surface area contributed by atoms with Crippen molar-refractivity contribution in [2.75, 3.05) is 5.32 Å². The van der Waals surface area contributed by atoms with Gasteiger partial charge in [-0.15, -0.1) is 0 Å². The maximum atomic E-state index is 12.1. The number of thiophene rings is 1. The summed E-state index contributed by atoms with van der Waals surface area (Å²) >= 11 is 1.59. The molecule has 2 saturated carbocycles. The van der Waals surface area contributed by atoms with Crippen LogP contribution in [0.4, 0.5) is 5.69 Å². The molecule has 86 valence electrons. The van der Waals surface area contributed by atoms with Crippen LogP contribution in [0.25, 0.3) is 0 Å². The van der Waals surface area contributed by atoms with Crippen molar-refractivity contribution in [1.29, 1.82) is 0 Å². The van der Waals surface area contributed by atoms with Gasteiger partial charge in [0, 0.05) is 11.4 Å². The number of hydrogen-bond donors (Lipinski definition) is 2. The zero-order valence-corrected chi connectivity index (χ0v) is 9.87. The summed E-state index contributed by atoms with van der Waals surface area (Å²) in [6, 6.07) is 2.01. The number of rotatable bonds is 2. The van der Waals surface area contributed by atoms with E-state index in [2.05, 4.69) is 5.32 Å². The van der Waals surface area contributed by atoms with Gasteiger partial charge in [0.1, 0.15) is 0 Å². The van der Waals surface area contributed by atoms with Crippen molar-refractivity contribution in [3.8, 4) is 0 Å². The van der Waals surface area contributed by atoms with Crippen LogP contribution in [0, 0.1) is 17.8 Å². The van der Waals surface area contributed by atoms with Crippen LogP contribution in [0.1, 0.15) is 19.3 Å². The summed E-state index contributed by atoms with van der Waals surface area (Å²) in [7, 11) is 0. The third-order valence-electron chi connectivity index (χ3n) is 4.07. The number of nitrogens with two attached hydrogens (primary N) is 1. The van der Waals surface area contributed by atoms with Gasteiger partial charge in [0.15, 0.2) is 0 Å². The Balaban J connectivity index is 1.71. The highest BCUT2D eigenvalue weighted by Crippen LogP contribution is 2.47. The molecule has 2 aliphatic rings. The van der Waals surface area contributed by atoms with E-state index in [0.717, 1.165) is 12.1 Å². The van der Waals surface area contributed by atoms with Crippen molar-refractivity contribution in [2.45, 2.75) is 25.3 Å². The maximum absolute atomic E-state index is 12.1. The first-order valence-electron chi connectivity index (χ1n) is 5.84. The standard InChI is InChI=1S/C12H16N2OS/c13-11-8-2-1-7(5-8)10(11)12(15)14-9-3-4-16-6-9/h3-4,6-8,10-11H,1-2,5,13H2,(H,14,15). The summed E-state index contributed by atoms with van der Waals surface area (Å²) in [6.45, 7) is 0. The number of amides is 1. The molecule has 4 atom stereocenters. The fourth-order valence-corrected chi connectivity index (χ4v) is 3.87. The topological polar surface area (TPSA) is 55.1 Å². The van der Waals surface area contributed by atoms with Crippen molar-refractivity contribution in [3.05, 3.63) is 16.8 Å². The van der Waals surface area contributed by atoms with E-state index in [4.69, 9.17) is 5.73 Å². The normalized spacial score (nSPS) is 36.6. The Labute approximate surface area is 99.0 Å². The lowest BCUT2D eigenvalue weighted by molar-refractivity contribution is -0.121. The molecule has 0 saturated heterocycles. The first kappa shape index (κ1) is 10.3. The van der Waals surface area contributed by atoms with Crippen LogP contribution >= 0.6 is 11.3 Å². The SMILES string of the molecule is NC1C2CCC(C2)C1C(=O)Nc1ccsc1. The molecule has 3 nitrogen and oxygen atoms in total. The van der Waals surface area contributed by atoms with Crippen LogP contribution in [0.2, 0.25) is 0 Å². The molecule has 0 spiro atoms. The number of fused-ring (bicyclic) bond motifs is 2. The fraction of sp³-hybridized carbons (Fsp3) is 0.583. The lowest BCUT2D eigenvalue weighted by atomic mass is 9.84. The summed E-state index contributed by atoms with van der Waals surface area (Å²) in [4.78, 5) is 12.1. The van der Waals surface area contributed by atoms with E-state index < -0.39 is 0 Å². The molecule has 0 aromatic carbocycles. The van der Waals surface area contributed by atoms with Crippen molar-refractivity contribution in [1.82, 2.24) is 0 Å². The lowest BCUT2D eigenvalue weighted by Gasteiger charge is -2.26. The summed E-state index contributed by atoms with van der Waals surface area (Å²) in [6.07, 6.45) is 3.55. The van der Waals surface area contributed by atoms with Crippen LogP contribution in [0.3, 0.4) is 0 Å². The monoisotopic (exact) mass is 236 g/mol. The van der Waals surface area contributed by atoms with E-state index in [0.29, 0.717) is 11.8 Å². The summed E-state index contributed by atoms with van der Waals surface area (Å²) in [5.41, 5.74) is 7.04. The summed E-state index contributed by atoms with van der Waals surface area (Å²) < 4.78 is 0. The predicted molar refractivity (Wildman–Crippen MR) is 65.2 cm³/mol. The molecule has 0 aliphatic heterocycles. The molecule has 2 bridgehead atoms. The first-order valence-corrected chi connectivity index (χ1v) is 6.78. The van der Waals surface area contributed by atoms with Crippen LogP contribution in [-0.4, -0.2) is 11.9 Å². The number of anilines is 1. The number of nitrogens with one attached hydrogen (secondary N) is 1. The van der Waals surface area contributed by atoms with Crippen molar-refractivity contribution in [3.63, 3.8) is 0 Å². The lowest BCUT2D eigenvalue weighted by Crippen LogP contribution is -2.42. The minimum absolute atomic E-state index is 0.0404. The Morgan fingerprint density at radius 2 is 2.25 bits per heavy atom. The Bertz CT molecular complexity index is 388. The van der Waals surface area contributed by atoms with Crippen molar-refractivity contribution < 1.29 is 4.79 Å². The highest BCUT2D eigenvalue weighted by atomic mass is 32.1. The average molecular weight is 236 g/mol. The molecule has 1 aromatic rings. The largest absolute Gasteiger partial charge is 0.327 e. The molecule has 1 aromatic heterocycles. The Morgan fingerprint density at radius 3 is 2.88 bits per heavy atom. The van der Waals surface area contributed by atoms with E-state index in [9.17, 15) is 4.79 Å². The first-order chi connectivity index (χ1) is 7.75. The molecule has 0 radical (unpaired) electrons. The molecule has 3 rings (SSSR count). The van der Waals surface area contributed by atoms with Gasteiger partial charge in [-0.3, -0.25) is 4.79 Å². The molecule has 3 N–H and O–H groups in total. The fourth-order valence-electron chi connectivity index (χ4n) is 3.29. The summed E-state index contributed by atoms with van der Waals surface area (Å²) in [5, 5.41) is 6.89. The van der Waals surface area contributed by atoms with Gasteiger partial charge < -0.3 is 11.1 Å². The second kappa shape index (κ2) is 3.86. The van der Waals surface area contributed by atoms with Gasteiger partial charge >= 0.3 is 0 Å². The van der Waals surface area contributed by atoms with Crippen molar-refractivity contribution >= 4 is 22.9 Å². The third kappa shape index (κ3) is 1.57. The second-order valence-electron chi connectivity index (χ2n) is 4.94. The van der Waals surface area contributed by atoms with Crippen LogP contribution in [0.15, 0.2) is 16.8 Å². The molecule has 4 unspecified atom stereocenters. The smallest absolute Gasteiger partial charge is 0.229 e. The van der Waals surface area contributed by atoms with E-state index in [-0.39, 0.29) is 17.9 Å². The van der Waals surface area contributed by atoms with Gasteiger partial charge in [0.2, 0.25) is 5.91 Å². The van der Waals surface area contributed by atoms with E-state index >= 15 is 0 Å². The minimum Gasteiger partial charge on any atom is -0.327 e. The average Bonchev–Trinajstić information content (AvgIpc) is 2.92. The highest BCUT2D eigenvalue weighted by molar-refractivity contribution is 7.08. The number of carbonyl (C=O) groups is 1. The van der Waals surface area contributed by atoms with Gasteiger partial charge in [0.25, 0.3) is 0 Å². The second-order valence-corrected chi connectivity index (χ2v) is 5.72. The zero-order chi connectivity index (χ0) is 11.1. The third-order valence-corrected chi connectivity index (χ3v) is 4.76. The molecule has 1 heterocycles. The molecule has 2 fully saturated rings. The highest BCUT2D eigenvalue weighted by Gasteiger charge is 2.49. The maximum Gasteiger partial charge on any atom is 0.229 e. The van der Waals surface area contributed by atoms with Gasteiger partial charge in [-0.1, -0.05) is 0 Å². The van der Waals surface area contributed by atoms with E-state index in [1.54, 1.807) is 11.3 Å². The van der Waals surface area contributed by atoms with Crippen LogP contribution < -0.4 is 11.1 Å². The molecular formula is C12H16N2OS. The zero-order valence-electron chi connectivity index (χ0n) is 9.06. The Morgan fingerprint density at radius 1 is 1.44 bits per heavy atom. The van der Waals surface area contributed by atoms with E-state index in [1.165, 1.54) is 12.8 Å². The Kier molecular flexibility index (Phi) is 2.48. The molecular weight excluding hydrogens is 220 g/mol. The summed E-state index contributed by atoms with van der Waals surface area (Å²) in [5.74, 6) is 1.28. The van der Waals surface area contributed by atoms with Gasteiger partial charge in [-0.05, 0) is 42.5 Å². The van der Waals surface area contributed by atoms with Gasteiger partial charge in [-0.25, -0.2) is 0 Å². The quantitative estimate of drug-likeness (QED) is 0.826. The number of hydrogen-bond acceptors (Lipinski definition) is 3. The molecule has 2 aliphatic carbocycles. The van der Waals surface area contributed by atoms with Gasteiger partial charge in [0.05, 0.1) is 11.6 Å². The minimum atomic E-state index is 0.0404. The molecule has 1 amide bonds. The Hall–Kier alpha value is -0.870. The van der Waals surface area contributed by atoms with E-state index in [1.807, 2.05) is 16.8 Å². The van der Waals surface area contributed by atoms with Gasteiger partial charge in [-0.2, -0.15) is 11.3 Å². The van der Waals surface area contributed by atoms with Crippen molar-refractivity contribution in [2.24, 2.45) is 23.5 Å². The molecule has 16 heavy (non-hydrogen) atoms. The number of carbonyl (C=O) groups excluding carboxylic acids is 1. The molecule has 4 heteroatoms.